The summed E-state index contributed by atoms with van der Waals surface area (Å²) in [6.07, 6.45) is -3.53. The van der Waals surface area contributed by atoms with Crippen LogP contribution in [0.1, 0.15) is 11.3 Å². The Labute approximate surface area is 146 Å². The van der Waals surface area contributed by atoms with Crippen molar-refractivity contribution in [2.24, 2.45) is 0 Å². The van der Waals surface area contributed by atoms with Gasteiger partial charge in [0.15, 0.2) is 5.69 Å². The molecule has 1 heterocycles. The number of nitrogens with one attached hydrogen (secondary N) is 2. The van der Waals surface area contributed by atoms with E-state index in [2.05, 4.69) is 15.7 Å². The fourth-order valence-corrected chi connectivity index (χ4v) is 2.09. The Morgan fingerprint density at radius 1 is 1.24 bits per heavy atom. The summed E-state index contributed by atoms with van der Waals surface area (Å²) >= 11 is 5.94. The molecular formula is C15H14ClF3N4O2. The molecule has 0 aliphatic heterocycles. The minimum absolute atomic E-state index is 0.335. The normalized spacial score (nSPS) is 11.2. The van der Waals surface area contributed by atoms with Crippen molar-refractivity contribution >= 4 is 29.1 Å². The number of hydrogen-bond acceptors (Lipinski definition) is 3. The molecule has 2 rings (SSSR count). The van der Waals surface area contributed by atoms with E-state index < -0.39 is 30.2 Å². The van der Waals surface area contributed by atoms with Gasteiger partial charge in [-0.05, 0) is 30.7 Å². The Kier molecular flexibility index (Phi) is 5.68. The second-order valence-electron chi connectivity index (χ2n) is 5.13. The first-order chi connectivity index (χ1) is 11.7. The minimum atomic E-state index is -4.57. The summed E-state index contributed by atoms with van der Waals surface area (Å²) in [6.45, 7) is 0.963. The summed E-state index contributed by atoms with van der Waals surface area (Å²) in [5, 5.41) is 8.63. The number of carbonyl (C=O) groups excluding carboxylic acids is 2. The highest BCUT2D eigenvalue weighted by atomic mass is 35.5. The molecule has 2 amide bonds. The second-order valence-corrected chi connectivity index (χ2v) is 5.54. The Morgan fingerprint density at radius 3 is 2.60 bits per heavy atom. The Balaban J connectivity index is 1.84. The average Bonchev–Trinajstić information content (AvgIpc) is 2.98. The van der Waals surface area contributed by atoms with E-state index in [4.69, 9.17) is 11.6 Å². The zero-order chi connectivity index (χ0) is 18.6. The van der Waals surface area contributed by atoms with Crippen LogP contribution in [0.25, 0.3) is 0 Å². The summed E-state index contributed by atoms with van der Waals surface area (Å²) in [5.41, 5.74) is 0.100. The van der Waals surface area contributed by atoms with Crippen LogP contribution in [0.2, 0.25) is 5.02 Å². The molecule has 0 radical (unpaired) electrons. The number of carbonyl (C=O) groups is 2. The van der Waals surface area contributed by atoms with E-state index in [9.17, 15) is 22.8 Å². The zero-order valence-electron chi connectivity index (χ0n) is 13.0. The van der Waals surface area contributed by atoms with Crippen LogP contribution in [0.4, 0.5) is 18.9 Å². The van der Waals surface area contributed by atoms with Crippen LogP contribution < -0.4 is 10.6 Å². The molecule has 10 heteroatoms. The lowest BCUT2D eigenvalue weighted by atomic mass is 10.2. The minimum Gasteiger partial charge on any atom is -0.345 e. The number of hydrogen-bond donors (Lipinski definition) is 2. The Hall–Kier alpha value is -2.55. The van der Waals surface area contributed by atoms with Crippen LogP contribution in [-0.4, -0.2) is 28.1 Å². The van der Waals surface area contributed by atoms with Crippen LogP contribution in [-0.2, 0) is 22.3 Å². The summed E-state index contributed by atoms with van der Waals surface area (Å²) in [4.78, 5) is 23.5. The van der Waals surface area contributed by atoms with Crippen molar-refractivity contribution in [3.63, 3.8) is 0 Å². The molecule has 134 valence electrons. The number of aromatic nitrogens is 2. The molecule has 0 aliphatic carbocycles. The maximum absolute atomic E-state index is 12.4. The molecule has 25 heavy (non-hydrogen) atoms. The standard InChI is InChI=1S/C15H14ClF3N4O2/c1-9-10(16)3-2-4-11(9)21-13(24)7-20-14(25)8-23-6-5-12(22-23)15(17,18)19/h2-6H,7-8H2,1H3,(H,20,25)(H,21,24). The van der Waals surface area contributed by atoms with Crippen molar-refractivity contribution in [1.29, 1.82) is 0 Å². The molecule has 6 nitrogen and oxygen atoms in total. The number of amides is 2. The van der Waals surface area contributed by atoms with Gasteiger partial charge in [0, 0.05) is 16.9 Å². The molecule has 0 aliphatic rings. The number of nitrogens with zero attached hydrogens (tertiary/aromatic N) is 2. The number of rotatable bonds is 5. The van der Waals surface area contributed by atoms with Crippen LogP contribution in [0.3, 0.4) is 0 Å². The molecule has 1 aromatic carbocycles. The SMILES string of the molecule is Cc1c(Cl)cccc1NC(=O)CNC(=O)Cn1ccc(C(F)(F)F)n1. The number of alkyl halides is 3. The lowest BCUT2D eigenvalue weighted by Gasteiger charge is -2.10. The van der Waals surface area contributed by atoms with Gasteiger partial charge >= 0.3 is 6.18 Å². The quantitative estimate of drug-likeness (QED) is 0.844. The fourth-order valence-electron chi connectivity index (χ4n) is 1.92. The van der Waals surface area contributed by atoms with Gasteiger partial charge in [-0.3, -0.25) is 14.3 Å². The molecule has 0 fully saturated rings. The third kappa shape index (κ3) is 5.21. The first-order valence-electron chi connectivity index (χ1n) is 7.09. The second kappa shape index (κ2) is 7.56. The van der Waals surface area contributed by atoms with E-state index >= 15 is 0 Å². The van der Waals surface area contributed by atoms with E-state index in [0.717, 1.165) is 16.9 Å². The third-order valence-corrected chi connectivity index (χ3v) is 3.63. The van der Waals surface area contributed by atoms with Gasteiger partial charge in [-0.1, -0.05) is 17.7 Å². The molecule has 0 atom stereocenters. The molecule has 0 unspecified atom stereocenters. The van der Waals surface area contributed by atoms with Crippen molar-refractivity contribution in [3.05, 3.63) is 46.7 Å². The lowest BCUT2D eigenvalue weighted by molar-refractivity contribution is -0.141. The van der Waals surface area contributed by atoms with Crippen molar-refractivity contribution in [2.75, 3.05) is 11.9 Å². The molecule has 2 aromatic rings. The molecular weight excluding hydrogens is 361 g/mol. The largest absolute Gasteiger partial charge is 0.435 e. The van der Waals surface area contributed by atoms with Gasteiger partial charge in [0.2, 0.25) is 11.8 Å². The fraction of sp³-hybridized carbons (Fsp3) is 0.267. The van der Waals surface area contributed by atoms with Crippen molar-refractivity contribution in [3.8, 4) is 0 Å². The smallest absolute Gasteiger partial charge is 0.345 e. The van der Waals surface area contributed by atoms with E-state index in [1.807, 2.05) is 0 Å². The topological polar surface area (TPSA) is 76.0 Å². The number of halogens is 4. The third-order valence-electron chi connectivity index (χ3n) is 3.22. The molecule has 0 saturated carbocycles. The maximum atomic E-state index is 12.4. The highest BCUT2D eigenvalue weighted by Crippen LogP contribution is 2.27. The van der Waals surface area contributed by atoms with Crippen molar-refractivity contribution < 1.29 is 22.8 Å². The molecule has 0 bridgehead atoms. The first kappa shape index (κ1) is 18.8. The van der Waals surface area contributed by atoms with Crippen molar-refractivity contribution in [1.82, 2.24) is 15.1 Å². The highest BCUT2D eigenvalue weighted by Gasteiger charge is 2.33. The van der Waals surface area contributed by atoms with Gasteiger partial charge < -0.3 is 10.6 Å². The molecule has 0 spiro atoms. The van der Waals surface area contributed by atoms with Gasteiger partial charge in [-0.25, -0.2) is 0 Å². The monoisotopic (exact) mass is 374 g/mol. The van der Waals surface area contributed by atoms with E-state index in [1.54, 1.807) is 25.1 Å². The first-order valence-corrected chi connectivity index (χ1v) is 7.47. The summed E-state index contributed by atoms with van der Waals surface area (Å²) in [5.74, 6) is -1.13. The van der Waals surface area contributed by atoms with Gasteiger partial charge in [-0.2, -0.15) is 18.3 Å². The van der Waals surface area contributed by atoms with Gasteiger partial charge in [0.1, 0.15) is 6.54 Å². The van der Waals surface area contributed by atoms with Gasteiger partial charge in [0.25, 0.3) is 0 Å². The summed E-state index contributed by atoms with van der Waals surface area (Å²) < 4.78 is 38.1. The lowest BCUT2D eigenvalue weighted by Crippen LogP contribution is -2.35. The zero-order valence-corrected chi connectivity index (χ0v) is 13.8. The van der Waals surface area contributed by atoms with Gasteiger partial charge in [-0.15, -0.1) is 0 Å². The van der Waals surface area contributed by atoms with Crippen molar-refractivity contribution in [2.45, 2.75) is 19.6 Å². The molecule has 2 N–H and O–H groups in total. The summed E-state index contributed by atoms with van der Waals surface area (Å²) in [7, 11) is 0. The number of anilines is 1. The Bertz CT molecular complexity index is 789. The van der Waals surface area contributed by atoms with E-state index in [0.29, 0.717) is 16.3 Å². The molecule has 1 aromatic heterocycles. The van der Waals surface area contributed by atoms with E-state index in [1.165, 1.54) is 0 Å². The summed E-state index contributed by atoms with van der Waals surface area (Å²) in [6, 6.07) is 5.76. The predicted molar refractivity (Wildman–Crippen MR) is 85.1 cm³/mol. The average molecular weight is 375 g/mol. The molecule has 0 saturated heterocycles. The highest BCUT2D eigenvalue weighted by molar-refractivity contribution is 6.31. The predicted octanol–water partition coefficient (Wildman–Crippen LogP) is 2.62. The van der Waals surface area contributed by atoms with Crippen LogP contribution in [0.15, 0.2) is 30.5 Å². The Morgan fingerprint density at radius 2 is 1.96 bits per heavy atom. The maximum Gasteiger partial charge on any atom is 0.435 e. The van der Waals surface area contributed by atoms with E-state index in [-0.39, 0.29) is 6.54 Å². The van der Waals surface area contributed by atoms with Gasteiger partial charge in [0.05, 0.1) is 6.54 Å². The van der Waals surface area contributed by atoms with Crippen LogP contribution >= 0.6 is 11.6 Å². The van der Waals surface area contributed by atoms with Crippen LogP contribution in [0, 0.1) is 6.92 Å². The van der Waals surface area contributed by atoms with Crippen LogP contribution in [0.5, 0.6) is 0 Å². The number of benzene rings is 1.